The monoisotopic (exact) mass is 264 g/mol. The van der Waals surface area contributed by atoms with Gasteiger partial charge in [-0.25, -0.2) is 0 Å². The fourth-order valence-corrected chi connectivity index (χ4v) is 2.02. The number of unbranched alkanes of at least 4 members (excludes halogenated alkanes) is 1. The predicted molar refractivity (Wildman–Crippen MR) is 74.8 cm³/mol. The van der Waals surface area contributed by atoms with Crippen molar-refractivity contribution in [2.45, 2.75) is 25.9 Å². The Morgan fingerprint density at radius 1 is 1.42 bits per heavy atom. The smallest absolute Gasteiger partial charge is 0.265 e. The number of aliphatic hydroxyl groups excluding tert-OH is 1. The lowest BCUT2D eigenvalue weighted by molar-refractivity contribution is -0.122. The standard InChI is InChI=1S/C14H20N2O3/c1-10-14(18)15-12-9-11(5-6-13(12)19-10)16(2)7-3-4-8-17/h5-6,9-10,17H,3-4,7-8H2,1-2H3,(H,15,18). The number of aliphatic hydroxyl groups is 1. The largest absolute Gasteiger partial charge is 0.479 e. The normalized spacial score (nSPS) is 17.4. The van der Waals surface area contributed by atoms with Crippen molar-refractivity contribution in [1.29, 1.82) is 0 Å². The number of amides is 1. The van der Waals surface area contributed by atoms with E-state index in [1.54, 1.807) is 6.92 Å². The number of rotatable bonds is 5. The van der Waals surface area contributed by atoms with Crippen LogP contribution in [0.3, 0.4) is 0 Å². The first-order valence-corrected chi connectivity index (χ1v) is 6.55. The molecule has 1 heterocycles. The summed E-state index contributed by atoms with van der Waals surface area (Å²) >= 11 is 0. The van der Waals surface area contributed by atoms with Crippen molar-refractivity contribution in [1.82, 2.24) is 0 Å². The molecule has 5 heteroatoms. The zero-order valence-corrected chi connectivity index (χ0v) is 11.3. The molecular weight excluding hydrogens is 244 g/mol. The van der Waals surface area contributed by atoms with Crippen LogP contribution < -0.4 is 15.0 Å². The number of anilines is 2. The Labute approximate surface area is 113 Å². The summed E-state index contributed by atoms with van der Waals surface area (Å²) in [5, 5.41) is 11.6. The highest BCUT2D eigenvalue weighted by molar-refractivity contribution is 5.98. The van der Waals surface area contributed by atoms with Gasteiger partial charge in [0.2, 0.25) is 0 Å². The fourth-order valence-electron chi connectivity index (χ4n) is 2.02. The molecule has 1 amide bonds. The SMILES string of the molecule is CC1Oc2ccc(N(C)CCCCO)cc2NC1=O. The number of hydrogen-bond acceptors (Lipinski definition) is 4. The van der Waals surface area contributed by atoms with Crippen molar-refractivity contribution in [3.63, 3.8) is 0 Å². The lowest BCUT2D eigenvalue weighted by atomic mass is 10.2. The number of nitrogens with zero attached hydrogens (tertiary/aromatic N) is 1. The van der Waals surface area contributed by atoms with Crippen molar-refractivity contribution in [3.05, 3.63) is 18.2 Å². The van der Waals surface area contributed by atoms with E-state index in [-0.39, 0.29) is 12.5 Å². The molecular formula is C14H20N2O3. The van der Waals surface area contributed by atoms with E-state index in [4.69, 9.17) is 9.84 Å². The summed E-state index contributed by atoms with van der Waals surface area (Å²) in [5.41, 5.74) is 1.74. The Morgan fingerprint density at radius 2 is 2.21 bits per heavy atom. The van der Waals surface area contributed by atoms with E-state index in [1.165, 1.54) is 0 Å². The molecule has 1 atom stereocenters. The minimum Gasteiger partial charge on any atom is -0.479 e. The van der Waals surface area contributed by atoms with Gasteiger partial charge in [0.25, 0.3) is 5.91 Å². The molecule has 0 saturated carbocycles. The highest BCUT2D eigenvalue weighted by Gasteiger charge is 2.23. The summed E-state index contributed by atoms with van der Waals surface area (Å²) in [7, 11) is 1.99. The van der Waals surface area contributed by atoms with Crippen LogP contribution in [-0.4, -0.2) is 37.3 Å². The predicted octanol–water partition coefficient (Wildman–Crippen LogP) is 1.61. The maximum Gasteiger partial charge on any atom is 0.265 e. The minimum atomic E-state index is -0.444. The van der Waals surface area contributed by atoms with E-state index in [2.05, 4.69) is 10.2 Å². The van der Waals surface area contributed by atoms with Gasteiger partial charge in [0, 0.05) is 25.9 Å². The third-order valence-corrected chi connectivity index (χ3v) is 3.24. The first-order chi connectivity index (χ1) is 9.11. The Morgan fingerprint density at radius 3 is 2.95 bits per heavy atom. The molecule has 1 aliphatic heterocycles. The lowest BCUT2D eigenvalue weighted by Gasteiger charge is -2.26. The molecule has 2 rings (SSSR count). The topological polar surface area (TPSA) is 61.8 Å². The first kappa shape index (κ1) is 13.7. The van der Waals surface area contributed by atoms with Crippen molar-refractivity contribution in [2.24, 2.45) is 0 Å². The molecule has 0 spiro atoms. The van der Waals surface area contributed by atoms with E-state index in [9.17, 15) is 4.79 Å². The average Bonchev–Trinajstić information content (AvgIpc) is 2.40. The third kappa shape index (κ3) is 3.17. The van der Waals surface area contributed by atoms with Crippen LogP contribution in [0.2, 0.25) is 0 Å². The van der Waals surface area contributed by atoms with E-state index in [1.807, 2.05) is 25.2 Å². The van der Waals surface area contributed by atoms with Crippen molar-refractivity contribution in [2.75, 3.05) is 30.4 Å². The molecule has 0 aromatic heterocycles. The molecule has 1 aromatic carbocycles. The van der Waals surface area contributed by atoms with E-state index in [0.29, 0.717) is 5.75 Å². The van der Waals surface area contributed by atoms with Crippen LogP contribution in [0.15, 0.2) is 18.2 Å². The first-order valence-electron chi connectivity index (χ1n) is 6.55. The van der Waals surface area contributed by atoms with Crippen molar-refractivity contribution >= 4 is 17.3 Å². The number of nitrogens with one attached hydrogen (secondary N) is 1. The van der Waals surface area contributed by atoms with E-state index >= 15 is 0 Å². The molecule has 0 fully saturated rings. The van der Waals surface area contributed by atoms with Crippen LogP contribution in [0.5, 0.6) is 5.75 Å². The third-order valence-electron chi connectivity index (χ3n) is 3.24. The summed E-state index contributed by atoms with van der Waals surface area (Å²) < 4.78 is 5.51. The molecule has 1 aliphatic rings. The molecule has 0 aliphatic carbocycles. The number of hydrogen-bond donors (Lipinski definition) is 2. The summed E-state index contributed by atoms with van der Waals surface area (Å²) in [6.07, 6.45) is 1.29. The van der Waals surface area contributed by atoms with Gasteiger partial charge < -0.3 is 20.1 Å². The van der Waals surface area contributed by atoms with Gasteiger partial charge >= 0.3 is 0 Å². The van der Waals surface area contributed by atoms with Crippen LogP contribution in [0, 0.1) is 0 Å². The Kier molecular flexibility index (Phi) is 4.27. The van der Waals surface area contributed by atoms with Gasteiger partial charge in [-0.15, -0.1) is 0 Å². The summed E-state index contributed by atoms with van der Waals surface area (Å²) in [4.78, 5) is 13.7. The van der Waals surface area contributed by atoms with E-state index < -0.39 is 6.10 Å². The second-order valence-corrected chi connectivity index (χ2v) is 4.78. The molecule has 0 bridgehead atoms. The molecule has 19 heavy (non-hydrogen) atoms. The second kappa shape index (κ2) is 5.93. The number of ether oxygens (including phenoxy) is 1. The molecule has 1 aromatic rings. The van der Waals surface area contributed by atoms with Gasteiger partial charge in [-0.2, -0.15) is 0 Å². The fraction of sp³-hybridized carbons (Fsp3) is 0.500. The van der Waals surface area contributed by atoms with Gasteiger partial charge in [0.1, 0.15) is 5.75 Å². The van der Waals surface area contributed by atoms with Gasteiger partial charge in [-0.1, -0.05) is 0 Å². The number of carbonyl (C=O) groups is 1. The number of fused-ring (bicyclic) bond motifs is 1. The number of carbonyl (C=O) groups excluding carboxylic acids is 1. The highest BCUT2D eigenvalue weighted by atomic mass is 16.5. The van der Waals surface area contributed by atoms with Gasteiger partial charge in [-0.05, 0) is 38.0 Å². The maximum absolute atomic E-state index is 11.6. The van der Waals surface area contributed by atoms with Crippen molar-refractivity contribution in [3.8, 4) is 5.75 Å². The summed E-state index contributed by atoms with van der Waals surface area (Å²) in [6, 6.07) is 5.77. The summed E-state index contributed by atoms with van der Waals surface area (Å²) in [6.45, 7) is 2.82. The average molecular weight is 264 g/mol. The van der Waals surface area contributed by atoms with Crippen LogP contribution in [0.1, 0.15) is 19.8 Å². The lowest BCUT2D eigenvalue weighted by Crippen LogP contribution is -2.34. The Balaban J connectivity index is 2.08. The van der Waals surface area contributed by atoms with Crippen LogP contribution in [-0.2, 0) is 4.79 Å². The maximum atomic E-state index is 11.6. The van der Waals surface area contributed by atoms with Crippen LogP contribution in [0.4, 0.5) is 11.4 Å². The Bertz CT molecular complexity index is 462. The van der Waals surface area contributed by atoms with Gasteiger partial charge in [0.15, 0.2) is 6.10 Å². The minimum absolute atomic E-state index is 0.118. The molecule has 5 nitrogen and oxygen atoms in total. The highest BCUT2D eigenvalue weighted by Crippen LogP contribution is 2.33. The quantitative estimate of drug-likeness (QED) is 0.793. The molecule has 104 valence electrons. The molecule has 2 N–H and O–H groups in total. The van der Waals surface area contributed by atoms with E-state index in [0.717, 1.165) is 30.8 Å². The summed E-state index contributed by atoms with van der Waals surface area (Å²) in [5.74, 6) is 0.590. The molecule has 1 unspecified atom stereocenters. The van der Waals surface area contributed by atoms with Crippen LogP contribution >= 0.6 is 0 Å². The zero-order chi connectivity index (χ0) is 13.8. The molecule has 0 radical (unpaired) electrons. The number of benzene rings is 1. The van der Waals surface area contributed by atoms with Gasteiger partial charge in [0.05, 0.1) is 5.69 Å². The van der Waals surface area contributed by atoms with Crippen LogP contribution in [0.25, 0.3) is 0 Å². The Hall–Kier alpha value is -1.75. The molecule has 0 saturated heterocycles. The van der Waals surface area contributed by atoms with Crippen molar-refractivity contribution < 1.29 is 14.6 Å². The zero-order valence-electron chi connectivity index (χ0n) is 11.3. The second-order valence-electron chi connectivity index (χ2n) is 4.78. The van der Waals surface area contributed by atoms with Gasteiger partial charge in [-0.3, -0.25) is 4.79 Å².